The summed E-state index contributed by atoms with van der Waals surface area (Å²) < 4.78 is 0. The van der Waals surface area contributed by atoms with Crippen LogP contribution in [0.25, 0.3) is 0 Å². The Labute approximate surface area is 152 Å². The minimum atomic E-state index is -0.300. The van der Waals surface area contributed by atoms with Crippen LogP contribution in [0.2, 0.25) is 0 Å². The third-order valence-corrected chi connectivity index (χ3v) is 4.66. The molecule has 1 aromatic heterocycles. The van der Waals surface area contributed by atoms with Crippen molar-refractivity contribution in [3.8, 4) is 0 Å². The number of anilines is 2. The highest BCUT2D eigenvalue weighted by molar-refractivity contribution is 5.92. The van der Waals surface area contributed by atoms with E-state index in [4.69, 9.17) is 5.73 Å². The first-order chi connectivity index (χ1) is 12.7. The number of hydrogen-bond acceptors (Lipinski definition) is 5. The Hall–Kier alpha value is -2.93. The topological polar surface area (TPSA) is 104 Å². The second-order valence-electron chi connectivity index (χ2n) is 6.54. The standard InChI is InChI=1S/C19H22N6O/c20-17-16-6-5-15(10-13(16)11-23-17)25-19(26)22-9-7-14-4-3-12-2-1-8-21-18(12)24-14/h3-6,10-11,17H,1-2,7-9,20H2,(H,21,24)(H2,22,25,26). The summed E-state index contributed by atoms with van der Waals surface area (Å²) in [5.74, 6) is 0.983. The van der Waals surface area contributed by atoms with E-state index in [1.807, 2.05) is 24.3 Å². The largest absolute Gasteiger partial charge is 0.370 e. The van der Waals surface area contributed by atoms with Crippen molar-refractivity contribution in [2.45, 2.75) is 25.4 Å². The van der Waals surface area contributed by atoms with E-state index < -0.39 is 0 Å². The van der Waals surface area contributed by atoms with Crippen molar-refractivity contribution in [2.24, 2.45) is 10.7 Å². The van der Waals surface area contributed by atoms with Crippen molar-refractivity contribution in [2.75, 3.05) is 23.7 Å². The molecule has 4 rings (SSSR count). The van der Waals surface area contributed by atoms with Crippen LogP contribution in [0, 0.1) is 0 Å². The molecule has 26 heavy (non-hydrogen) atoms. The van der Waals surface area contributed by atoms with Gasteiger partial charge >= 0.3 is 6.03 Å². The highest BCUT2D eigenvalue weighted by atomic mass is 16.2. The molecule has 2 aliphatic rings. The molecule has 7 heteroatoms. The molecule has 1 unspecified atom stereocenters. The fourth-order valence-corrected chi connectivity index (χ4v) is 3.26. The number of aryl methyl sites for hydroxylation is 1. The van der Waals surface area contributed by atoms with Crippen LogP contribution in [0.4, 0.5) is 16.3 Å². The quantitative estimate of drug-likeness (QED) is 0.678. The molecule has 0 aliphatic carbocycles. The summed E-state index contributed by atoms with van der Waals surface area (Å²) in [6.45, 7) is 1.50. The Balaban J connectivity index is 1.29. The molecule has 3 heterocycles. The van der Waals surface area contributed by atoms with E-state index in [1.54, 1.807) is 6.21 Å². The van der Waals surface area contributed by atoms with Gasteiger partial charge < -0.3 is 21.7 Å². The van der Waals surface area contributed by atoms with Crippen molar-refractivity contribution in [3.63, 3.8) is 0 Å². The molecular formula is C19H22N6O. The van der Waals surface area contributed by atoms with E-state index in [0.717, 1.165) is 47.7 Å². The molecule has 1 aromatic carbocycles. The second-order valence-corrected chi connectivity index (χ2v) is 6.54. The molecule has 2 aliphatic heterocycles. The molecule has 0 bridgehead atoms. The van der Waals surface area contributed by atoms with Gasteiger partial charge in [0.25, 0.3) is 0 Å². The average molecular weight is 350 g/mol. The molecule has 7 nitrogen and oxygen atoms in total. The lowest BCUT2D eigenvalue weighted by Gasteiger charge is -2.17. The molecule has 0 saturated carbocycles. The van der Waals surface area contributed by atoms with Gasteiger partial charge in [-0.05, 0) is 42.2 Å². The van der Waals surface area contributed by atoms with Gasteiger partial charge in [0.05, 0.1) is 0 Å². The minimum absolute atomic E-state index is 0.236. The van der Waals surface area contributed by atoms with Gasteiger partial charge in [-0.1, -0.05) is 12.1 Å². The van der Waals surface area contributed by atoms with Crippen LogP contribution in [0.5, 0.6) is 0 Å². The van der Waals surface area contributed by atoms with E-state index in [1.165, 1.54) is 5.56 Å². The number of amides is 2. The Morgan fingerprint density at radius 1 is 1.31 bits per heavy atom. The van der Waals surface area contributed by atoms with Crippen molar-refractivity contribution >= 4 is 23.8 Å². The van der Waals surface area contributed by atoms with Gasteiger partial charge in [-0.15, -0.1) is 0 Å². The maximum atomic E-state index is 12.1. The summed E-state index contributed by atoms with van der Waals surface area (Å²) in [6, 6.07) is 9.54. The van der Waals surface area contributed by atoms with E-state index in [0.29, 0.717) is 13.0 Å². The van der Waals surface area contributed by atoms with Gasteiger partial charge in [-0.25, -0.2) is 9.78 Å². The summed E-state index contributed by atoms with van der Waals surface area (Å²) in [5.41, 5.74) is 10.7. The zero-order chi connectivity index (χ0) is 17.9. The van der Waals surface area contributed by atoms with Gasteiger partial charge in [-0.2, -0.15) is 0 Å². The minimum Gasteiger partial charge on any atom is -0.370 e. The number of pyridine rings is 1. The highest BCUT2D eigenvalue weighted by Crippen LogP contribution is 2.24. The molecular weight excluding hydrogens is 328 g/mol. The molecule has 0 fully saturated rings. The van der Waals surface area contributed by atoms with Crippen LogP contribution in [0.3, 0.4) is 0 Å². The number of aromatic nitrogens is 1. The Kier molecular flexibility index (Phi) is 4.53. The Morgan fingerprint density at radius 2 is 2.23 bits per heavy atom. The number of nitrogens with one attached hydrogen (secondary N) is 3. The van der Waals surface area contributed by atoms with Gasteiger partial charge in [0.2, 0.25) is 0 Å². The molecule has 2 aromatic rings. The van der Waals surface area contributed by atoms with Crippen molar-refractivity contribution in [1.82, 2.24) is 10.3 Å². The normalized spacial score (nSPS) is 17.2. The van der Waals surface area contributed by atoms with Crippen LogP contribution < -0.4 is 21.7 Å². The second kappa shape index (κ2) is 7.13. The smallest absolute Gasteiger partial charge is 0.319 e. The Bertz CT molecular complexity index is 863. The Morgan fingerprint density at radius 3 is 3.15 bits per heavy atom. The van der Waals surface area contributed by atoms with Gasteiger partial charge in [0, 0.05) is 42.7 Å². The maximum Gasteiger partial charge on any atom is 0.319 e. The number of hydrogen-bond donors (Lipinski definition) is 4. The number of fused-ring (bicyclic) bond motifs is 2. The van der Waals surface area contributed by atoms with Crippen molar-refractivity contribution in [3.05, 3.63) is 52.7 Å². The fourth-order valence-electron chi connectivity index (χ4n) is 3.26. The van der Waals surface area contributed by atoms with Crippen molar-refractivity contribution < 1.29 is 4.79 Å². The van der Waals surface area contributed by atoms with Gasteiger partial charge in [0.1, 0.15) is 12.0 Å². The number of urea groups is 1. The zero-order valence-corrected chi connectivity index (χ0v) is 14.5. The third kappa shape index (κ3) is 3.52. The molecule has 2 amide bonds. The van der Waals surface area contributed by atoms with Gasteiger partial charge in [-0.3, -0.25) is 4.99 Å². The number of carbonyl (C=O) groups excluding carboxylic acids is 1. The highest BCUT2D eigenvalue weighted by Gasteiger charge is 2.15. The number of benzene rings is 1. The number of rotatable bonds is 4. The fraction of sp³-hybridized carbons (Fsp3) is 0.316. The van der Waals surface area contributed by atoms with E-state index >= 15 is 0 Å². The van der Waals surface area contributed by atoms with Crippen LogP contribution in [-0.4, -0.2) is 30.3 Å². The summed E-state index contributed by atoms with van der Waals surface area (Å²) in [7, 11) is 0. The maximum absolute atomic E-state index is 12.1. The summed E-state index contributed by atoms with van der Waals surface area (Å²) >= 11 is 0. The van der Waals surface area contributed by atoms with Gasteiger partial charge in [0.15, 0.2) is 0 Å². The summed E-state index contributed by atoms with van der Waals surface area (Å²) in [5, 5.41) is 9.03. The molecule has 0 spiro atoms. The van der Waals surface area contributed by atoms with Crippen LogP contribution in [-0.2, 0) is 12.8 Å². The first-order valence-electron chi connectivity index (χ1n) is 8.89. The predicted molar refractivity (Wildman–Crippen MR) is 103 cm³/mol. The lowest BCUT2D eigenvalue weighted by molar-refractivity contribution is 0.252. The predicted octanol–water partition coefficient (Wildman–Crippen LogP) is 2.19. The number of nitrogens with zero attached hydrogens (tertiary/aromatic N) is 2. The number of carbonyl (C=O) groups is 1. The molecule has 0 saturated heterocycles. The summed E-state index contributed by atoms with van der Waals surface area (Å²) in [6.07, 6.45) is 4.35. The molecule has 5 N–H and O–H groups in total. The molecule has 0 radical (unpaired) electrons. The lowest BCUT2D eigenvalue weighted by atomic mass is 10.1. The average Bonchev–Trinajstić information content (AvgIpc) is 3.02. The van der Waals surface area contributed by atoms with E-state index in [2.05, 4.69) is 32.0 Å². The SMILES string of the molecule is NC1N=Cc2cc(NC(=O)NCCc3ccc4c(n3)NCCC4)ccc21. The zero-order valence-electron chi connectivity index (χ0n) is 14.5. The van der Waals surface area contributed by atoms with Crippen LogP contribution in [0.1, 0.15) is 35.0 Å². The monoisotopic (exact) mass is 350 g/mol. The first kappa shape index (κ1) is 16.5. The molecule has 134 valence electrons. The first-order valence-corrected chi connectivity index (χ1v) is 8.89. The summed E-state index contributed by atoms with van der Waals surface area (Å²) in [4.78, 5) is 20.9. The third-order valence-electron chi connectivity index (χ3n) is 4.66. The number of nitrogens with two attached hydrogens (primary N) is 1. The number of aliphatic imine (C=N–C) groups is 1. The van der Waals surface area contributed by atoms with Crippen LogP contribution >= 0.6 is 0 Å². The van der Waals surface area contributed by atoms with E-state index in [9.17, 15) is 4.79 Å². The molecule has 1 atom stereocenters. The van der Waals surface area contributed by atoms with E-state index in [-0.39, 0.29) is 12.2 Å². The van der Waals surface area contributed by atoms with Crippen molar-refractivity contribution in [1.29, 1.82) is 0 Å². The lowest BCUT2D eigenvalue weighted by Crippen LogP contribution is -2.30. The van der Waals surface area contributed by atoms with Crippen LogP contribution in [0.15, 0.2) is 35.3 Å².